The van der Waals surface area contributed by atoms with Crippen LogP contribution in [0.3, 0.4) is 0 Å². The molecule has 3 nitrogen and oxygen atoms in total. The third-order valence-corrected chi connectivity index (χ3v) is 4.92. The van der Waals surface area contributed by atoms with E-state index < -0.39 is 0 Å². The first kappa shape index (κ1) is 14.3. The van der Waals surface area contributed by atoms with Crippen molar-refractivity contribution in [1.29, 1.82) is 0 Å². The van der Waals surface area contributed by atoms with Crippen LogP contribution in [0.15, 0.2) is 24.4 Å². The average molecular weight is 300 g/mol. The standard InChI is InChI=1S/C17H20N2OS/c1-10-6-11(2)8-14(7-10)12(3)19-16(20)15-9-18-17(21-15)13-4-5-13/h6-9,12-13H,4-5H2,1-3H3,(H,19,20). The van der Waals surface area contributed by atoms with Crippen molar-refractivity contribution in [3.05, 3.63) is 51.0 Å². The Morgan fingerprint density at radius 3 is 2.57 bits per heavy atom. The number of rotatable bonds is 4. The topological polar surface area (TPSA) is 42.0 Å². The maximum Gasteiger partial charge on any atom is 0.263 e. The van der Waals surface area contributed by atoms with Crippen molar-refractivity contribution in [2.75, 3.05) is 0 Å². The largest absolute Gasteiger partial charge is 0.345 e. The summed E-state index contributed by atoms with van der Waals surface area (Å²) in [6.07, 6.45) is 4.14. The number of nitrogens with one attached hydrogen (secondary N) is 1. The van der Waals surface area contributed by atoms with E-state index in [9.17, 15) is 4.79 Å². The molecule has 2 aromatic rings. The van der Waals surface area contributed by atoms with Crippen molar-refractivity contribution in [2.24, 2.45) is 0 Å². The number of thiazole rings is 1. The lowest BCUT2D eigenvalue weighted by Gasteiger charge is -2.15. The van der Waals surface area contributed by atoms with Crippen molar-refractivity contribution >= 4 is 17.2 Å². The molecule has 110 valence electrons. The third kappa shape index (κ3) is 3.32. The number of carbonyl (C=O) groups excluding carboxylic acids is 1. The van der Waals surface area contributed by atoms with Gasteiger partial charge in [-0.3, -0.25) is 4.79 Å². The molecule has 1 aromatic carbocycles. The van der Waals surface area contributed by atoms with Gasteiger partial charge >= 0.3 is 0 Å². The minimum atomic E-state index is -0.0222. The molecule has 0 spiro atoms. The van der Waals surface area contributed by atoms with Gasteiger partial charge in [-0.05, 0) is 39.2 Å². The number of aryl methyl sites for hydroxylation is 2. The van der Waals surface area contributed by atoms with Crippen LogP contribution in [0.4, 0.5) is 0 Å². The van der Waals surface area contributed by atoms with Gasteiger partial charge in [0.15, 0.2) is 0 Å². The molecule has 0 radical (unpaired) electrons. The Morgan fingerprint density at radius 1 is 1.29 bits per heavy atom. The Balaban J connectivity index is 1.70. The molecule has 1 N–H and O–H groups in total. The summed E-state index contributed by atoms with van der Waals surface area (Å²) in [7, 11) is 0. The summed E-state index contributed by atoms with van der Waals surface area (Å²) in [5.74, 6) is 0.583. The molecule has 0 aliphatic heterocycles. The lowest BCUT2D eigenvalue weighted by atomic mass is 10.0. The summed E-state index contributed by atoms with van der Waals surface area (Å²) in [4.78, 5) is 17.4. The predicted molar refractivity (Wildman–Crippen MR) is 85.9 cm³/mol. The Labute approximate surface area is 129 Å². The van der Waals surface area contributed by atoms with Gasteiger partial charge in [0.2, 0.25) is 0 Å². The van der Waals surface area contributed by atoms with Crippen molar-refractivity contribution in [1.82, 2.24) is 10.3 Å². The molecule has 1 aliphatic carbocycles. The van der Waals surface area contributed by atoms with Crippen LogP contribution in [-0.4, -0.2) is 10.9 Å². The van der Waals surface area contributed by atoms with E-state index in [2.05, 4.69) is 42.3 Å². The summed E-state index contributed by atoms with van der Waals surface area (Å²) >= 11 is 1.53. The van der Waals surface area contributed by atoms with Gasteiger partial charge in [-0.25, -0.2) is 4.98 Å². The number of hydrogen-bond acceptors (Lipinski definition) is 3. The molecule has 3 rings (SSSR count). The van der Waals surface area contributed by atoms with Gasteiger partial charge < -0.3 is 5.32 Å². The van der Waals surface area contributed by atoms with Crippen LogP contribution in [0.2, 0.25) is 0 Å². The Hall–Kier alpha value is -1.68. The first-order valence-electron chi connectivity index (χ1n) is 7.37. The normalized spacial score (nSPS) is 15.8. The molecular formula is C17H20N2OS. The number of amides is 1. The summed E-state index contributed by atoms with van der Waals surface area (Å²) in [5.41, 5.74) is 3.59. The van der Waals surface area contributed by atoms with Gasteiger partial charge in [0.05, 0.1) is 17.2 Å². The zero-order valence-corrected chi connectivity index (χ0v) is 13.5. The van der Waals surface area contributed by atoms with Crippen molar-refractivity contribution < 1.29 is 4.79 Å². The SMILES string of the molecule is Cc1cc(C)cc(C(C)NC(=O)c2cnc(C3CC3)s2)c1. The number of benzene rings is 1. The van der Waals surface area contributed by atoms with Crippen molar-refractivity contribution in [3.8, 4) is 0 Å². The molecule has 1 aromatic heterocycles. The van der Waals surface area contributed by atoms with Gasteiger partial charge in [0.1, 0.15) is 4.88 Å². The molecule has 1 aliphatic rings. The smallest absolute Gasteiger partial charge is 0.263 e. The Morgan fingerprint density at radius 2 is 1.95 bits per heavy atom. The highest BCUT2D eigenvalue weighted by Crippen LogP contribution is 2.41. The number of nitrogens with zero attached hydrogens (tertiary/aromatic N) is 1. The zero-order valence-electron chi connectivity index (χ0n) is 12.6. The van der Waals surface area contributed by atoms with E-state index in [-0.39, 0.29) is 11.9 Å². The summed E-state index contributed by atoms with van der Waals surface area (Å²) in [6.45, 7) is 6.18. The van der Waals surface area contributed by atoms with Gasteiger partial charge in [-0.15, -0.1) is 11.3 Å². The second-order valence-electron chi connectivity index (χ2n) is 5.95. The van der Waals surface area contributed by atoms with E-state index in [0.29, 0.717) is 10.8 Å². The maximum atomic E-state index is 12.3. The number of aromatic nitrogens is 1. The lowest BCUT2D eigenvalue weighted by molar-refractivity contribution is 0.0943. The van der Waals surface area contributed by atoms with Crippen LogP contribution in [-0.2, 0) is 0 Å². The van der Waals surface area contributed by atoms with E-state index in [1.807, 2.05) is 6.92 Å². The fourth-order valence-corrected chi connectivity index (χ4v) is 3.51. The van der Waals surface area contributed by atoms with Crippen molar-refractivity contribution in [3.63, 3.8) is 0 Å². The van der Waals surface area contributed by atoms with Crippen LogP contribution in [0.5, 0.6) is 0 Å². The minimum absolute atomic E-state index is 0.00238. The molecule has 0 saturated heterocycles. The number of carbonyl (C=O) groups is 1. The monoisotopic (exact) mass is 300 g/mol. The Bertz CT molecular complexity index is 653. The fraction of sp³-hybridized carbons (Fsp3) is 0.412. The minimum Gasteiger partial charge on any atom is -0.345 e. The molecule has 1 amide bonds. The first-order chi connectivity index (χ1) is 10.0. The summed E-state index contributed by atoms with van der Waals surface area (Å²) < 4.78 is 0. The van der Waals surface area contributed by atoms with Gasteiger partial charge in [-0.1, -0.05) is 29.3 Å². The van der Waals surface area contributed by atoms with Crippen LogP contribution in [0, 0.1) is 13.8 Å². The van der Waals surface area contributed by atoms with Gasteiger partial charge in [-0.2, -0.15) is 0 Å². The predicted octanol–water partition coefficient (Wildman–Crippen LogP) is 4.13. The number of hydrogen-bond donors (Lipinski definition) is 1. The first-order valence-corrected chi connectivity index (χ1v) is 8.19. The van der Waals surface area contributed by atoms with Gasteiger partial charge in [0.25, 0.3) is 5.91 Å². The van der Waals surface area contributed by atoms with Crippen LogP contribution < -0.4 is 5.32 Å². The lowest BCUT2D eigenvalue weighted by Crippen LogP contribution is -2.26. The second kappa shape index (κ2) is 5.60. The molecule has 1 saturated carbocycles. The molecule has 1 atom stereocenters. The highest BCUT2D eigenvalue weighted by atomic mass is 32.1. The molecule has 0 bridgehead atoms. The van der Waals surface area contributed by atoms with E-state index >= 15 is 0 Å². The Kier molecular flexibility index (Phi) is 3.81. The van der Waals surface area contributed by atoms with Crippen molar-refractivity contribution in [2.45, 2.75) is 45.6 Å². The maximum absolute atomic E-state index is 12.3. The van der Waals surface area contributed by atoms with E-state index in [0.717, 1.165) is 10.6 Å². The molecule has 4 heteroatoms. The fourth-order valence-electron chi connectivity index (χ4n) is 2.52. The molecule has 21 heavy (non-hydrogen) atoms. The van der Waals surface area contributed by atoms with E-state index in [1.54, 1.807) is 6.20 Å². The molecule has 1 heterocycles. The van der Waals surface area contributed by atoms with Gasteiger partial charge in [0, 0.05) is 5.92 Å². The zero-order chi connectivity index (χ0) is 15.0. The third-order valence-electron chi connectivity index (χ3n) is 3.77. The second-order valence-corrected chi connectivity index (χ2v) is 7.02. The summed E-state index contributed by atoms with van der Waals surface area (Å²) in [5, 5.41) is 4.18. The molecule has 1 fully saturated rings. The van der Waals surface area contributed by atoms with Crippen LogP contribution >= 0.6 is 11.3 Å². The molecular weight excluding hydrogens is 280 g/mol. The van der Waals surface area contributed by atoms with Crippen LogP contribution in [0.25, 0.3) is 0 Å². The summed E-state index contributed by atoms with van der Waals surface area (Å²) in [6, 6.07) is 6.39. The highest BCUT2D eigenvalue weighted by molar-refractivity contribution is 7.13. The van der Waals surface area contributed by atoms with Crippen LogP contribution in [0.1, 0.15) is 63.1 Å². The van der Waals surface area contributed by atoms with E-state index in [4.69, 9.17) is 0 Å². The quantitative estimate of drug-likeness (QED) is 0.922. The average Bonchev–Trinajstić information content (AvgIpc) is 3.15. The van der Waals surface area contributed by atoms with E-state index in [1.165, 1.54) is 35.3 Å². The molecule has 1 unspecified atom stereocenters. The highest BCUT2D eigenvalue weighted by Gasteiger charge is 2.27.